The normalized spacial score (nSPS) is 15.2. The summed E-state index contributed by atoms with van der Waals surface area (Å²) >= 11 is 0. The molecule has 6 heteroatoms. The highest BCUT2D eigenvalue weighted by Gasteiger charge is 2.21. The highest BCUT2D eigenvalue weighted by Crippen LogP contribution is 2.28. The first kappa shape index (κ1) is 19.9. The van der Waals surface area contributed by atoms with Crippen molar-refractivity contribution in [3.8, 4) is 5.75 Å². The molecule has 0 atom stereocenters. The molecule has 1 aromatic rings. The third-order valence-corrected chi connectivity index (χ3v) is 3.83. The number of guanidine groups is 1. The fourth-order valence-corrected chi connectivity index (χ4v) is 2.69. The second-order valence-corrected chi connectivity index (χ2v) is 5.38. The molecule has 0 radical (unpaired) electrons. The lowest BCUT2D eigenvalue weighted by atomic mass is 10.2. The molecule has 0 amide bonds. The van der Waals surface area contributed by atoms with E-state index in [1.54, 1.807) is 7.11 Å². The predicted molar refractivity (Wildman–Crippen MR) is 108 cm³/mol. The van der Waals surface area contributed by atoms with Crippen LogP contribution in [0.2, 0.25) is 0 Å². The van der Waals surface area contributed by atoms with E-state index in [9.17, 15) is 0 Å². The molecule has 23 heavy (non-hydrogen) atoms. The van der Waals surface area contributed by atoms with Crippen LogP contribution in [0.5, 0.6) is 5.75 Å². The number of nitrogens with one attached hydrogen (secondary N) is 1. The van der Waals surface area contributed by atoms with E-state index in [1.807, 2.05) is 12.1 Å². The number of nitrogens with zero attached hydrogens (tertiary/aromatic N) is 3. The molecule has 0 saturated carbocycles. The average molecular weight is 432 g/mol. The number of piperazine rings is 1. The number of hydrogen-bond donors (Lipinski definition) is 1. The molecule has 0 bridgehead atoms. The lowest BCUT2D eigenvalue weighted by molar-refractivity contribution is 0.367. The molecule has 0 unspecified atom stereocenters. The molecule has 1 aliphatic rings. The van der Waals surface area contributed by atoms with E-state index < -0.39 is 0 Å². The van der Waals surface area contributed by atoms with Crippen LogP contribution in [0.25, 0.3) is 0 Å². The minimum Gasteiger partial charge on any atom is -0.495 e. The summed E-state index contributed by atoms with van der Waals surface area (Å²) in [6.07, 6.45) is 1.08. The Morgan fingerprint density at radius 2 is 1.87 bits per heavy atom. The van der Waals surface area contributed by atoms with E-state index >= 15 is 0 Å². The molecule has 1 aromatic carbocycles. The topological polar surface area (TPSA) is 40.1 Å². The number of methoxy groups -OCH3 is 1. The first-order valence-electron chi connectivity index (χ1n) is 8.21. The fourth-order valence-electron chi connectivity index (χ4n) is 2.69. The van der Waals surface area contributed by atoms with Gasteiger partial charge in [0.2, 0.25) is 0 Å². The summed E-state index contributed by atoms with van der Waals surface area (Å²) in [7, 11) is 1.73. The van der Waals surface area contributed by atoms with Crippen molar-refractivity contribution < 1.29 is 4.74 Å². The van der Waals surface area contributed by atoms with E-state index in [-0.39, 0.29) is 24.0 Å². The number of benzene rings is 1. The maximum Gasteiger partial charge on any atom is 0.194 e. The Morgan fingerprint density at radius 1 is 1.17 bits per heavy atom. The van der Waals surface area contributed by atoms with Gasteiger partial charge in [-0.1, -0.05) is 19.1 Å². The van der Waals surface area contributed by atoms with Gasteiger partial charge in [0.1, 0.15) is 5.75 Å². The van der Waals surface area contributed by atoms with Crippen LogP contribution in [0.4, 0.5) is 5.69 Å². The van der Waals surface area contributed by atoms with Gasteiger partial charge in [-0.05, 0) is 25.5 Å². The zero-order valence-electron chi connectivity index (χ0n) is 14.4. The monoisotopic (exact) mass is 432 g/mol. The summed E-state index contributed by atoms with van der Waals surface area (Å²) in [5, 5.41) is 3.40. The van der Waals surface area contributed by atoms with Crippen molar-refractivity contribution in [1.29, 1.82) is 0 Å². The number of ether oxygens (including phenoxy) is 1. The van der Waals surface area contributed by atoms with Gasteiger partial charge in [-0.15, -0.1) is 24.0 Å². The highest BCUT2D eigenvalue weighted by atomic mass is 127. The van der Waals surface area contributed by atoms with Crippen LogP contribution in [-0.4, -0.2) is 57.2 Å². The number of aliphatic imine (C=N–C) groups is 1. The summed E-state index contributed by atoms with van der Waals surface area (Å²) in [6, 6.07) is 8.23. The number of para-hydroxylation sites is 2. The SMILES string of the molecule is CCCN=C(NCC)N1CCN(c2ccccc2OC)CC1.I. The van der Waals surface area contributed by atoms with Crippen molar-refractivity contribution >= 4 is 35.6 Å². The molecule has 0 aliphatic carbocycles. The Hall–Kier alpha value is -1.18. The number of hydrogen-bond acceptors (Lipinski definition) is 3. The molecule has 1 fully saturated rings. The lowest BCUT2D eigenvalue weighted by Crippen LogP contribution is -2.52. The molecule has 5 nitrogen and oxygen atoms in total. The maximum atomic E-state index is 5.47. The van der Waals surface area contributed by atoms with E-state index in [1.165, 1.54) is 5.69 Å². The molecule has 1 N–H and O–H groups in total. The van der Waals surface area contributed by atoms with Gasteiger partial charge in [-0.3, -0.25) is 4.99 Å². The Balaban J connectivity index is 0.00000264. The van der Waals surface area contributed by atoms with Crippen molar-refractivity contribution in [3.05, 3.63) is 24.3 Å². The molecule has 1 heterocycles. The molecular weight excluding hydrogens is 403 g/mol. The second-order valence-electron chi connectivity index (χ2n) is 5.38. The van der Waals surface area contributed by atoms with Crippen LogP contribution in [0, 0.1) is 0 Å². The van der Waals surface area contributed by atoms with Gasteiger partial charge in [-0.25, -0.2) is 0 Å². The molecular formula is C17H29IN4O. The quantitative estimate of drug-likeness (QED) is 0.442. The van der Waals surface area contributed by atoms with Crippen LogP contribution in [0.3, 0.4) is 0 Å². The van der Waals surface area contributed by atoms with Gasteiger partial charge in [-0.2, -0.15) is 0 Å². The molecule has 2 rings (SSSR count). The Morgan fingerprint density at radius 3 is 2.48 bits per heavy atom. The zero-order valence-corrected chi connectivity index (χ0v) is 16.7. The average Bonchev–Trinajstić information content (AvgIpc) is 2.59. The van der Waals surface area contributed by atoms with Crippen molar-refractivity contribution in [1.82, 2.24) is 10.2 Å². The van der Waals surface area contributed by atoms with Crippen molar-refractivity contribution in [2.75, 3.05) is 51.3 Å². The summed E-state index contributed by atoms with van der Waals surface area (Å²) < 4.78 is 5.47. The number of rotatable bonds is 5. The van der Waals surface area contributed by atoms with Crippen molar-refractivity contribution in [2.45, 2.75) is 20.3 Å². The second kappa shape index (κ2) is 10.6. The Bertz CT molecular complexity index is 487. The largest absolute Gasteiger partial charge is 0.495 e. The van der Waals surface area contributed by atoms with E-state index in [0.717, 1.165) is 57.4 Å². The zero-order chi connectivity index (χ0) is 15.8. The fraction of sp³-hybridized carbons (Fsp3) is 0.588. The molecule has 0 aromatic heterocycles. The van der Waals surface area contributed by atoms with Crippen LogP contribution in [-0.2, 0) is 0 Å². The number of halogens is 1. The minimum atomic E-state index is 0. The maximum absolute atomic E-state index is 5.47. The Kier molecular flexibility index (Phi) is 9.13. The predicted octanol–water partition coefficient (Wildman–Crippen LogP) is 2.81. The lowest BCUT2D eigenvalue weighted by Gasteiger charge is -2.38. The first-order valence-corrected chi connectivity index (χ1v) is 8.21. The van der Waals surface area contributed by atoms with Crippen LogP contribution in [0.1, 0.15) is 20.3 Å². The van der Waals surface area contributed by atoms with Gasteiger partial charge in [0.15, 0.2) is 5.96 Å². The third-order valence-electron chi connectivity index (χ3n) is 3.83. The number of anilines is 1. The first-order chi connectivity index (χ1) is 10.8. The summed E-state index contributed by atoms with van der Waals surface area (Å²) in [4.78, 5) is 9.42. The van der Waals surface area contributed by atoms with Crippen molar-refractivity contribution in [3.63, 3.8) is 0 Å². The van der Waals surface area contributed by atoms with Crippen LogP contribution in [0.15, 0.2) is 29.3 Å². The minimum absolute atomic E-state index is 0. The summed E-state index contributed by atoms with van der Waals surface area (Å²) in [5.41, 5.74) is 1.18. The molecule has 0 spiro atoms. The standard InChI is InChI=1S/C17H28N4O.HI/c1-4-10-19-17(18-5-2)21-13-11-20(12-14-21)15-8-6-7-9-16(15)22-3;/h6-9H,4-5,10-14H2,1-3H3,(H,18,19);1H. The third kappa shape index (κ3) is 5.44. The molecule has 130 valence electrons. The van der Waals surface area contributed by atoms with Gasteiger partial charge in [0, 0.05) is 39.3 Å². The highest BCUT2D eigenvalue weighted by molar-refractivity contribution is 14.0. The van der Waals surface area contributed by atoms with E-state index in [4.69, 9.17) is 4.74 Å². The van der Waals surface area contributed by atoms with Gasteiger partial charge in [0.05, 0.1) is 12.8 Å². The van der Waals surface area contributed by atoms with Gasteiger partial charge >= 0.3 is 0 Å². The smallest absolute Gasteiger partial charge is 0.194 e. The van der Waals surface area contributed by atoms with Crippen molar-refractivity contribution in [2.24, 2.45) is 4.99 Å². The van der Waals surface area contributed by atoms with Gasteiger partial charge in [0.25, 0.3) is 0 Å². The van der Waals surface area contributed by atoms with Crippen LogP contribution >= 0.6 is 24.0 Å². The summed E-state index contributed by atoms with van der Waals surface area (Å²) in [6.45, 7) is 10.00. The molecule has 1 aliphatic heterocycles. The van der Waals surface area contributed by atoms with E-state index in [2.05, 4.69) is 46.1 Å². The molecule has 1 saturated heterocycles. The Labute approximate surface area is 157 Å². The van der Waals surface area contributed by atoms with E-state index in [0.29, 0.717) is 0 Å². The van der Waals surface area contributed by atoms with Gasteiger partial charge < -0.3 is 19.9 Å². The summed E-state index contributed by atoms with van der Waals surface area (Å²) in [5.74, 6) is 1.99. The van der Waals surface area contributed by atoms with Crippen LogP contribution < -0.4 is 15.0 Å².